The standard InChI is InChI=1S/C17H27N3O/c1-4-14(5-2)17(21)19-16-9-8-15(11-18-16)20-10-6-7-13(3)12-20/h8-9,11,13-14H,4-7,10,12H2,1-3H3,(H,18,19,21). The Balaban J connectivity index is 1.97. The summed E-state index contributed by atoms with van der Waals surface area (Å²) in [5, 5.41) is 2.91. The second-order valence-electron chi connectivity index (χ2n) is 6.10. The summed E-state index contributed by atoms with van der Waals surface area (Å²) in [5.74, 6) is 1.55. The first-order valence-corrected chi connectivity index (χ1v) is 8.15. The van der Waals surface area contributed by atoms with Crippen LogP contribution in [0, 0.1) is 11.8 Å². The zero-order valence-electron chi connectivity index (χ0n) is 13.4. The molecule has 1 saturated heterocycles. The van der Waals surface area contributed by atoms with Gasteiger partial charge in [-0.2, -0.15) is 0 Å². The van der Waals surface area contributed by atoms with Crippen molar-refractivity contribution in [2.24, 2.45) is 11.8 Å². The van der Waals surface area contributed by atoms with Crippen LogP contribution >= 0.6 is 0 Å². The van der Waals surface area contributed by atoms with E-state index in [1.807, 2.05) is 26.1 Å². The number of anilines is 2. The monoisotopic (exact) mass is 289 g/mol. The minimum Gasteiger partial charge on any atom is -0.370 e. The maximum atomic E-state index is 12.0. The van der Waals surface area contributed by atoms with Gasteiger partial charge in [0.2, 0.25) is 5.91 Å². The van der Waals surface area contributed by atoms with Gasteiger partial charge in [0.1, 0.15) is 5.82 Å². The van der Waals surface area contributed by atoms with E-state index in [1.165, 1.54) is 12.8 Å². The number of carbonyl (C=O) groups excluding carboxylic acids is 1. The molecule has 1 atom stereocenters. The zero-order valence-corrected chi connectivity index (χ0v) is 13.4. The molecule has 1 fully saturated rings. The minimum atomic E-state index is 0.0758. The molecule has 21 heavy (non-hydrogen) atoms. The van der Waals surface area contributed by atoms with Crippen molar-refractivity contribution in [2.45, 2.75) is 46.5 Å². The van der Waals surface area contributed by atoms with Crippen molar-refractivity contribution in [2.75, 3.05) is 23.3 Å². The number of pyridine rings is 1. The van der Waals surface area contributed by atoms with Crippen molar-refractivity contribution in [1.29, 1.82) is 0 Å². The van der Waals surface area contributed by atoms with E-state index >= 15 is 0 Å². The maximum absolute atomic E-state index is 12.0. The maximum Gasteiger partial charge on any atom is 0.228 e. The lowest BCUT2D eigenvalue weighted by Crippen LogP contribution is -2.34. The summed E-state index contributed by atoms with van der Waals surface area (Å²) in [6.45, 7) is 8.58. The number of carbonyl (C=O) groups is 1. The lowest BCUT2D eigenvalue weighted by atomic mass is 10.00. The molecule has 1 amide bonds. The number of rotatable bonds is 5. The molecule has 1 aromatic heterocycles. The Morgan fingerprint density at radius 3 is 2.76 bits per heavy atom. The Morgan fingerprint density at radius 1 is 1.43 bits per heavy atom. The van der Waals surface area contributed by atoms with Gasteiger partial charge in [-0.1, -0.05) is 20.8 Å². The number of hydrogen-bond donors (Lipinski definition) is 1. The molecule has 0 saturated carbocycles. The SMILES string of the molecule is CCC(CC)C(=O)Nc1ccc(N2CCCC(C)C2)cn1. The summed E-state index contributed by atoms with van der Waals surface area (Å²) in [5.41, 5.74) is 1.15. The third kappa shape index (κ3) is 4.19. The van der Waals surface area contributed by atoms with Crippen LogP contribution in [0.15, 0.2) is 18.3 Å². The molecule has 0 aliphatic carbocycles. The fourth-order valence-corrected chi connectivity index (χ4v) is 2.96. The van der Waals surface area contributed by atoms with Gasteiger partial charge in [0, 0.05) is 19.0 Å². The van der Waals surface area contributed by atoms with Gasteiger partial charge >= 0.3 is 0 Å². The van der Waals surface area contributed by atoms with Gasteiger partial charge in [0.25, 0.3) is 0 Å². The molecule has 1 aliphatic rings. The largest absolute Gasteiger partial charge is 0.370 e. The first-order chi connectivity index (χ1) is 10.1. The highest BCUT2D eigenvalue weighted by atomic mass is 16.1. The van der Waals surface area contributed by atoms with Crippen molar-refractivity contribution in [3.63, 3.8) is 0 Å². The number of amides is 1. The van der Waals surface area contributed by atoms with E-state index in [-0.39, 0.29) is 11.8 Å². The Kier molecular flexibility index (Phi) is 5.59. The molecule has 0 radical (unpaired) electrons. The number of nitrogens with one attached hydrogen (secondary N) is 1. The van der Waals surface area contributed by atoms with Crippen LogP contribution in [0.4, 0.5) is 11.5 Å². The summed E-state index contributed by atoms with van der Waals surface area (Å²) in [7, 11) is 0. The number of nitrogens with zero attached hydrogens (tertiary/aromatic N) is 2. The molecule has 116 valence electrons. The molecule has 4 heteroatoms. The second kappa shape index (κ2) is 7.43. The highest BCUT2D eigenvalue weighted by Crippen LogP contribution is 2.23. The van der Waals surface area contributed by atoms with Crippen LogP contribution in [0.2, 0.25) is 0 Å². The highest BCUT2D eigenvalue weighted by Gasteiger charge is 2.17. The Bertz CT molecular complexity index is 454. The summed E-state index contributed by atoms with van der Waals surface area (Å²) >= 11 is 0. The second-order valence-corrected chi connectivity index (χ2v) is 6.10. The normalized spacial score (nSPS) is 18.9. The molecule has 1 N–H and O–H groups in total. The first kappa shape index (κ1) is 15.8. The van der Waals surface area contributed by atoms with Gasteiger partial charge in [-0.15, -0.1) is 0 Å². The van der Waals surface area contributed by atoms with E-state index in [1.54, 1.807) is 0 Å². The minimum absolute atomic E-state index is 0.0758. The van der Waals surface area contributed by atoms with E-state index in [0.29, 0.717) is 5.82 Å². The van der Waals surface area contributed by atoms with Crippen molar-refractivity contribution in [3.05, 3.63) is 18.3 Å². The van der Waals surface area contributed by atoms with Crippen LogP contribution in [0.1, 0.15) is 46.5 Å². The fraction of sp³-hybridized carbons (Fsp3) is 0.647. The smallest absolute Gasteiger partial charge is 0.228 e. The molecule has 1 aliphatic heterocycles. The molecule has 0 spiro atoms. The van der Waals surface area contributed by atoms with Crippen LogP contribution in [0.5, 0.6) is 0 Å². The van der Waals surface area contributed by atoms with E-state index in [9.17, 15) is 4.79 Å². The predicted octanol–water partition coefficient (Wildman–Crippen LogP) is 3.69. The lowest BCUT2D eigenvalue weighted by Gasteiger charge is -2.32. The summed E-state index contributed by atoms with van der Waals surface area (Å²) in [6.07, 6.45) is 6.17. The third-order valence-electron chi connectivity index (χ3n) is 4.38. The highest BCUT2D eigenvalue weighted by molar-refractivity contribution is 5.91. The van der Waals surface area contributed by atoms with E-state index in [4.69, 9.17) is 0 Å². The molecule has 2 rings (SSSR count). The molecule has 4 nitrogen and oxygen atoms in total. The molecule has 0 aromatic carbocycles. The van der Waals surface area contributed by atoms with Crippen molar-refractivity contribution >= 4 is 17.4 Å². The molecule has 1 aromatic rings. The van der Waals surface area contributed by atoms with Crippen molar-refractivity contribution in [3.8, 4) is 0 Å². The molecular formula is C17H27N3O. The van der Waals surface area contributed by atoms with Gasteiger partial charge in [0.15, 0.2) is 0 Å². The molecule has 0 bridgehead atoms. The fourth-order valence-electron chi connectivity index (χ4n) is 2.96. The van der Waals surface area contributed by atoms with Crippen molar-refractivity contribution < 1.29 is 4.79 Å². The summed E-state index contributed by atoms with van der Waals surface area (Å²) < 4.78 is 0. The summed E-state index contributed by atoms with van der Waals surface area (Å²) in [4.78, 5) is 18.8. The van der Waals surface area contributed by atoms with Crippen LogP contribution in [0.3, 0.4) is 0 Å². The van der Waals surface area contributed by atoms with E-state index in [0.717, 1.165) is 37.5 Å². The first-order valence-electron chi connectivity index (χ1n) is 8.15. The number of aromatic nitrogens is 1. The van der Waals surface area contributed by atoms with Crippen LogP contribution in [-0.4, -0.2) is 24.0 Å². The van der Waals surface area contributed by atoms with E-state index in [2.05, 4.69) is 28.2 Å². The van der Waals surface area contributed by atoms with Crippen LogP contribution in [-0.2, 0) is 4.79 Å². The van der Waals surface area contributed by atoms with Crippen molar-refractivity contribution in [1.82, 2.24) is 4.98 Å². The van der Waals surface area contributed by atoms with Gasteiger partial charge in [-0.3, -0.25) is 4.79 Å². The van der Waals surface area contributed by atoms with Crippen LogP contribution < -0.4 is 10.2 Å². The molecule has 1 unspecified atom stereocenters. The number of piperidine rings is 1. The topological polar surface area (TPSA) is 45.2 Å². The van der Waals surface area contributed by atoms with Gasteiger partial charge < -0.3 is 10.2 Å². The molecule has 2 heterocycles. The average molecular weight is 289 g/mol. The zero-order chi connectivity index (χ0) is 15.2. The van der Waals surface area contributed by atoms with Gasteiger partial charge in [-0.05, 0) is 43.7 Å². The third-order valence-corrected chi connectivity index (χ3v) is 4.38. The quantitative estimate of drug-likeness (QED) is 0.899. The van der Waals surface area contributed by atoms with E-state index < -0.39 is 0 Å². The van der Waals surface area contributed by atoms with Crippen LogP contribution in [0.25, 0.3) is 0 Å². The lowest BCUT2D eigenvalue weighted by molar-refractivity contribution is -0.120. The Labute approximate surface area is 127 Å². The molecular weight excluding hydrogens is 262 g/mol. The summed E-state index contributed by atoms with van der Waals surface area (Å²) in [6, 6.07) is 3.97. The Hall–Kier alpha value is -1.58. The number of hydrogen-bond acceptors (Lipinski definition) is 3. The Morgan fingerprint density at radius 2 is 2.19 bits per heavy atom. The predicted molar refractivity (Wildman–Crippen MR) is 87.5 cm³/mol. The van der Waals surface area contributed by atoms with Gasteiger partial charge in [0.05, 0.1) is 11.9 Å². The van der Waals surface area contributed by atoms with Gasteiger partial charge in [-0.25, -0.2) is 4.98 Å². The average Bonchev–Trinajstić information content (AvgIpc) is 2.49.